The molecule has 6 nitrogen and oxygen atoms in total. The summed E-state index contributed by atoms with van der Waals surface area (Å²) >= 11 is 0. The number of fused-ring (bicyclic) bond motifs is 1. The standard InChI is InChI=1S/C19H18FN3O3/c1-11-7-8-15(14(20)9-11)22-19(25)12(2)21-18(24)10-16-13-5-3-4-6-17(13)26-23-16/h3-9,12H,10H2,1-2H3,(H,21,24)(H,22,25)/t12-/m1/s1. The molecule has 0 aliphatic heterocycles. The van der Waals surface area contributed by atoms with Gasteiger partial charge in [-0.2, -0.15) is 0 Å². The van der Waals surface area contributed by atoms with E-state index in [1.807, 2.05) is 18.2 Å². The van der Waals surface area contributed by atoms with Crippen LogP contribution in [0.15, 0.2) is 47.0 Å². The monoisotopic (exact) mass is 355 g/mol. The van der Waals surface area contributed by atoms with Crippen molar-refractivity contribution >= 4 is 28.5 Å². The Morgan fingerprint density at radius 1 is 1.23 bits per heavy atom. The van der Waals surface area contributed by atoms with Gasteiger partial charge in [-0.05, 0) is 43.7 Å². The predicted molar refractivity (Wildman–Crippen MR) is 95.1 cm³/mol. The molecule has 2 amide bonds. The molecule has 26 heavy (non-hydrogen) atoms. The Balaban J connectivity index is 1.60. The number of nitrogens with one attached hydrogen (secondary N) is 2. The Kier molecular flexibility index (Phi) is 4.97. The fourth-order valence-corrected chi connectivity index (χ4v) is 2.54. The molecule has 3 aromatic rings. The average molecular weight is 355 g/mol. The van der Waals surface area contributed by atoms with E-state index in [4.69, 9.17) is 4.52 Å². The quantitative estimate of drug-likeness (QED) is 0.737. The summed E-state index contributed by atoms with van der Waals surface area (Å²) in [5.41, 5.74) is 1.91. The lowest BCUT2D eigenvalue weighted by atomic mass is 10.1. The van der Waals surface area contributed by atoms with Crippen molar-refractivity contribution in [2.45, 2.75) is 26.3 Å². The third kappa shape index (κ3) is 3.88. The number of anilines is 1. The highest BCUT2D eigenvalue weighted by Crippen LogP contribution is 2.18. The van der Waals surface area contributed by atoms with Crippen molar-refractivity contribution in [1.29, 1.82) is 0 Å². The molecule has 1 heterocycles. The Hall–Kier alpha value is -3.22. The maximum Gasteiger partial charge on any atom is 0.246 e. The molecule has 0 fully saturated rings. The SMILES string of the molecule is Cc1ccc(NC(=O)[C@@H](C)NC(=O)Cc2noc3ccccc23)c(F)c1. The van der Waals surface area contributed by atoms with Crippen molar-refractivity contribution in [1.82, 2.24) is 10.5 Å². The highest BCUT2D eigenvalue weighted by Gasteiger charge is 2.19. The second-order valence-electron chi connectivity index (χ2n) is 6.06. The van der Waals surface area contributed by atoms with Crippen LogP contribution >= 0.6 is 0 Å². The van der Waals surface area contributed by atoms with E-state index in [0.29, 0.717) is 11.3 Å². The average Bonchev–Trinajstić information content (AvgIpc) is 3.00. The van der Waals surface area contributed by atoms with Gasteiger partial charge < -0.3 is 15.2 Å². The molecule has 0 saturated carbocycles. The van der Waals surface area contributed by atoms with Crippen molar-refractivity contribution in [3.63, 3.8) is 0 Å². The summed E-state index contributed by atoms with van der Waals surface area (Å²) < 4.78 is 19.0. The summed E-state index contributed by atoms with van der Waals surface area (Å²) in [5.74, 6) is -1.41. The van der Waals surface area contributed by atoms with E-state index in [9.17, 15) is 14.0 Å². The van der Waals surface area contributed by atoms with Crippen molar-refractivity contribution < 1.29 is 18.5 Å². The second kappa shape index (κ2) is 7.35. The van der Waals surface area contributed by atoms with E-state index in [1.165, 1.54) is 19.1 Å². The van der Waals surface area contributed by atoms with Gasteiger partial charge in [0.1, 0.15) is 17.6 Å². The molecule has 2 aromatic carbocycles. The van der Waals surface area contributed by atoms with Crippen LogP contribution in [-0.4, -0.2) is 23.0 Å². The minimum Gasteiger partial charge on any atom is -0.356 e. The summed E-state index contributed by atoms with van der Waals surface area (Å²) in [6.45, 7) is 3.28. The molecule has 134 valence electrons. The van der Waals surface area contributed by atoms with Crippen molar-refractivity contribution in [2.75, 3.05) is 5.32 Å². The molecule has 0 aliphatic carbocycles. The topological polar surface area (TPSA) is 84.2 Å². The zero-order valence-corrected chi connectivity index (χ0v) is 14.4. The number of hydrogen-bond acceptors (Lipinski definition) is 4. The number of rotatable bonds is 5. The third-order valence-corrected chi connectivity index (χ3v) is 3.93. The number of para-hydroxylation sites is 1. The zero-order chi connectivity index (χ0) is 18.7. The molecule has 0 unspecified atom stereocenters. The number of benzene rings is 2. The summed E-state index contributed by atoms with van der Waals surface area (Å²) in [6, 6.07) is 10.9. The van der Waals surface area contributed by atoms with Crippen molar-refractivity contribution in [2.24, 2.45) is 0 Å². The Morgan fingerprint density at radius 3 is 2.77 bits per heavy atom. The van der Waals surface area contributed by atoms with E-state index in [0.717, 1.165) is 10.9 Å². The number of aryl methyl sites for hydroxylation is 1. The number of aromatic nitrogens is 1. The number of amides is 2. The van der Waals surface area contributed by atoms with Gasteiger partial charge in [0.25, 0.3) is 0 Å². The first-order valence-electron chi connectivity index (χ1n) is 8.13. The zero-order valence-electron chi connectivity index (χ0n) is 14.4. The van der Waals surface area contributed by atoms with Crippen LogP contribution in [-0.2, 0) is 16.0 Å². The first-order chi connectivity index (χ1) is 12.4. The molecule has 7 heteroatoms. The first kappa shape index (κ1) is 17.6. The van der Waals surface area contributed by atoms with E-state index in [1.54, 1.807) is 19.1 Å². The van der Waals surface area contributed by atoms with Gasteiger partial charge in [-0.15, -0.1) is 0 Å². The van der Waals surface area contributed by atoms with Gasteiger partial charge in [-0.25, -0.2) is 4.39 Å². The molecule has 0 bridgehead atoms. The summed E-state index contributed by atoms with van der Waals surface area (Å²) in [4.78, 5) is 24.4. The molecule has 3 rings (SSSR count). The molecular formula is C19H18FN3O3. The summed E-state index contributed by atoms with van der Waals surface area (Å²) in [6.07, 6.45) is -0.0203. The fourth-order valence-electron chi connectivity index (χ4n) is 2.54. The highest BCUT2D eigenvalue weighted by atomic mass is 19.1. The maximum absolute atomic E-state index is 13.8. The van der Waals surface area contributed by atoms with Gasteiger partial charge >= 0.3 is 0 Å². The largest absolute Gasteiger partial charge is 0.356 e. The summed E-state index contributed by atoms with van der Waals surface area (Å²) in [7, 11) is 0. The van der Waals surface area contributed by atoms with E-state index < -0.39 is 17.8 Å². The Morgan fingerprint density at radius 2 is 2.00 bits per heavy atom. The molecule has 2 N–H and O–H groups in total. The van der Waals surface area contributed by atoms with E-state index in [-0.39, 0.29) is 18.0 Å². The molecular weight excluding hydrogens is 337 g/mol. The number of nitrogens with zero attached hydrogens (tertiary/aromatic N) is 1. The molecule has 0 spiro atoms. The van der Waals surface area contributed by atoms with E-state index >= 15 is 0 Å². The van der Waals surface area contributed by atoms with Crippen LogP contribution in [0, 0.1) is 12.7 Å². The Bertz CT molecular complexity index is 968. The molecule has 0 radical (unpaired) electrons. The molecule has 1 atom stereocenters. The molecule has 0 saturated heterocycles. The van der Waals surface area contributed by atoms with Crippen molar-refractivity contribution in [3.05, 3.63) is 59.5 Å². The van der Waals surface area contributed by atoms with Crippen LogP contribution in [0.2, 0.25) is 0 Å². The number of carbonyl (C=O) groups excluding carboxylic acids is 2. The van der Waals surface area contributed by atoms with Gasteiger partial charge in [-0.1, -0.05) is 23.4 Å². The minimum atomic E-state index is -0.832. The van der Waals surface area contributed by atoms with Gasteiger partial charge in [0.2, 0.25) is 11.8 Å². The number of halogens is 1. The normalized spacial score (nSPS) is 12.0. The molecule has 0 aliphatic rings. The number of hydrogen-bond donors (Lipinski definition) is 2. The van der Waals surface area contributed by atoms with Crippen LogP contribution in [0.1, 0.15) is 18.2 Å². The van der Waals surface area contributed by atoms with Gasteiger partial charge in [-0.3, -0.25) is 9.59 Å². The van der Waals surface area contributed by atoms with Crippen LogP contribution in [0.3, 0.4) is 0 Å². The van der Waals surface area contributed by atoms with E-state index in [2.05, 4.69) is 15.8 Å². The third-order valence-electron chi connectivity index (χ3n) is 3.93. The number of carbonyl (C=O) groups is 2. The summed E-state index contributed by atoms with van der Waals surface area (Å²) in [5, 5.41) is 9.69. The first-order valence-corrected chi connectivity index (χ1v) is 8.13. The lowest BCUT2D eigenvalue weighted by molar-refractivity contribution is -0.125. The maximum atomic E-state index is 13.8. The van der Waals surface area contributed by atoms with Crippen LogP contribution < -0.4 is 10.6 Å². The molecule has 1 aromatic heterocycles. The van der Waals surface area contributed by atoms with Crippen LogP contribution in [0.4, 0.5) is 10.1 Å². The smallest absolute Gasteiger partial charge is 0.246 e. The van der Waals surface area contributed by atoms with Crippen LogP contribution in [0.5, 0.6) is 0 Å². The lowest BCUT2D eigenvalue weighted by Gasteiger charge is -2.14. The predicted octanol–water partition coefficient (Wildman–Crippen LogP) is 2.96. The fraction of sp³-hybridized carbons (Fsp3) is 0.211. The second-order valence-corrected chi connectivity index (χ2v) is 6.06. The van der Waals surface area contributed by atoms with Gasteiger partial charge in [0, 0.05) is 5.39 Å². The minimum absolute atomic E-state index is 0.0203. The van der Waals surface area contributed by atoms with Crippen molar-refractivity contribution in [3.8, 4) is 0 Å². The van der Waals surface area contributed by atoms with Crippen LogP contribution in [0.25, 0.3) is 11.0 Å². The Labute approximate surface area is 149 Å². The van der Waals surface area contributed by atoms with Gasteiger partial charge in [0.15, 0.2) is 5.58 Å². The lowest BCUT2D eigenvalue weighted by Crippen LogP contribution is -2.42. The highest BCUT2D eigenvalue weighted by molar-refractivity contribution is 5.97. The van der Waals surface area contributed by atoms with Gasteiger partial charge in [0.05, 0.1) is 12.1 Å².